The third kappa shape index (κ3) is 4.45. The number of hydrogen-bond donors (Lipinski definition) is 2. The van der Waals surface area contributed by atoms with Crippen LogP contribution < -0.4 is 10.0 Å². The van der Waals surface area contributed by atoms with Crippen LogP contribution in [0, 0.1) is 0 Å². The lowest BCUT2D eigenvalue weighted by Crippen LogP contribution is -2.14. The second kappa shape index (κ2) is 7.46. The van der Waals surface area contributed by atoms with Gasteiger partial charge in [-0.15, -0.1) is 0 Å². The van der Waals surface area contributed by atoms with Crippen molar-refractivity contribution in [2.45, 2.75) is 33.6 Å². The summed E-state index contributed by atoms with van der Waals surface area (Å²) in [5.41, 5.74) is 4.03. The summed E-state index contributed by atoms with van der Waals surface area (Å²) in [5.74, 6) is 0.733. The standard InChI is InChI=1S/C17H23N3O2S/c1-4-13-8-7-9-14(5-2)17(13)19-16-11-10-15(12-18-16)20-23(21,22)6-3/h7-12,20H,4-6H2,1-3H3,(H,18,19). The fourth-order valence-corrected chi connectivity index (χ4v) is 2.94. The summed E-state index contributed by atoms with van der Waals surface area (Å²) in [6.07, 6.45) is 3.39. The van der Waals surface area contributed by atoms with Crippen LogP contribution in [0.3, 0.4) is 0 Å². The van der Waals surface area contributed by atoms with Crippen LogP contribution in [0.25, 0.3) is 0 Å². The highest BCUT2D eigenvalue weighted by Gasteiger charge is 2.09. The van der Waals surface area contributed by atoms with E-state index in [0.29, 0.717) is 11.5 Å². The zero-order valence-corrected chi connectivity index (χ0v) is 14.6. The molecule has 0 atom stereocenters. The second-order valence-corrected chi connectivity index (χ2v) is 7.23. The molecule has 0 aliphatic carbocycles. The van der Waals surface area contributed by atoms with Crippen molar-refractivity contribution in [3.05, 3.63) is 47.7 Å². The van der Waals surface area contributed by atoms with E-state index < -0.39 is 10.0 Å². The lowest BCUT2D eigenvalue weighted by Gasteiger charge is -2.15. The van der Waals surface area contributed by atoms with Gasteiger partial charge in [-0.3, -0.25) is 4.72 Å². The number of rotatable bonds is 7. The first-order valence-electron chi connectivity index (χ1n) is 7.83. The Morgan fingerprint density at radius 1 is 1.00 bits per heavy atom. The molecule has 6 heteroatoms. The minimum Gasteiger partial charge on any atom is -0.340 e. The Morgan fingerprint density at radius 3 is 2.13 bits per heavy atom. The molecule has 0 saturated carbocycles. The van der Waals surface area contributed by atoms with Gasteiger partial charge in [-0.1, -0.05) is 32.0 Å². The van der Waals surface area contributed by atoms with Crippen molar-refractivity contribution < 1.29 is 8.42 Å². The molecule has 1 aromatic heterocycles. The van der Waals surface area contributed by atoms with Crippen molar-refractivity contribution in [2.24, 2.45) is 0 Å². The van der Waals surface area contributed by atoms with Gasteiger partial charge < -0.3 is 5.32 Å². The average molecular weight is 333 g/mol. The molecule has 0 bridgehead atoms. The van der Waals surface area contributed by atoms with Crippen LogP contribution in [-0.2, 0) is 22.9 Å². The number of aromatic nitrogens is 1. The van der Waals surface area contributed by atoms with Crippen molar-refractivity contribution in [3.63, 3.8) is 0 Å². The quantitative estimate of drug-likeness (QED) is 0.810. The molecule has 0 fully saturated rings. The predicted molar refractivity (Wildman–Crippen MR) is 95.8 cm³/mol. The van der Waals surface area contributed by atoms with E-state index in [1.54, 1.807) is 19.1 Å². The summed E-state index contributed by atoms with van der Waals surface area (Å²) in [6, 6.07) is 9.76. The zero-order valence-electron chi connectivity index (χ0n) is 13.8. The van der Waals surface area contributed by atoms with E-state index in [1.807, 2.05) is 0 Å². The Hall–Kier alpha value is -2.08. The number of pyridine rings is 1. The van der Waals surface area contributed by atoms with Gasteiger partial charge in [0.05, 0.1) is 17.6 Å². The summed E-state index contributed by atoms with van der Waals surface area (Å²) in [6.45, 7) is 5.84. The van der Waals surface area contributed by atoms with Crippen LogP contribution in [0.5, 0.6) is 0 Å². The predicted octanol–water partition coefficient (Wildman–Crippen LogP) is 3.71. The second-order valence-electron chi connectivity index (χ2n) is 5.22. The minimum atomic E-state index is -3.28. The van der Waals surface area contributed by atoms with Crippen LogP contribution in [0.15, 0.2) is 36.5 Å². The van der Waals surface area contributed by atoms with E-state index in [4.69, 9.17) is 0 Å². The van der Waals surface area contributed by atoms with Gasteiger partial charge >= 0.3 is 0 Å². The molecule has 1 heterocycles. The maximum atomic E-state index is 11.6. The molecule has 23 heavy (non-hydrogen) atoms. The van der Waals surface area contributed by atoms with Gasteiger partial charge in [0.2, 0.25) is 10.0 Å². The fourth-order valence-electron chi connectivity index (χ4n) is 2.31. The van der Waals surface area contributed by atoms with Gasteiger partial charge in [0, 0.05) is 5.69 Å². The third-order valence-electron chi connectivity index (χ3n) is 3.67. The summed E-state index contributed by atoms with van der Waals surface area (Å²) in [5, 5.41) is 3.36. The summed E-state index contributed by atoms with van der Waals surface area (Å²) in [4.78, 5) is 4.31. The Bertz CT molecular complexity index is 734. The molecular weight excluding hydrogens is 310 g/mol. The molecule has 0 spiro atoms. The molecule has 0 aliphatic rings. The fraction of sp³-hybridized carbons (Fsp3) is 0.353. The van der Waals surface area contributed by atoms with Crippen molar-refractivity contribution in [1.82, 2.24) is 4.98 Å². The first-order chi connectivity index (χ1) is 11.0. The summed E-state index contributed by atoms with van der Waals surface area (Å²) < 4.78 is 25.6. The highest BCUT2D eigenvalue weighted by molar-refractivity contribution is 7.92. The number of aryl methyl sites for hydroxylation is 2. The first-order valence-corrected chi connectivity index (χ1v) is 9.48. The number of anilines is 3. The highest BCUT2D eigenvalue weighted by atomic mass is 32.2. The zero-order chi connectivity index (χ0) is 16.9. The minimum absolute atomic E-state index is 0.0384. The Morgan fingerprint density at radius 2 is 1.65 bits per heavy atom. The molecule has 0 saturated heterocycles. The van der Waals surface area contributed by atoms with Crippen molar-refractivity contribution in [1.29, 1.82) is 0 Å². The molecule has 0 unspecified atom stereocenters. The topological polar surface area (TPSA) is 71.1 Å². The van der Waals surface area contributed by atoms with E-state index in [2.05, 4.69) is 47.1 Å². The molecule has 5 nitrogen and oxygen atoms in total. The van der Waals surface area contributed by atoms with E-state index in [-0.39, 0.29) is 5.75 Å². The number of para-hydroxylation sites is 1. The summed E-state index contributed by atoms with van der Waals surface area (Å²) >= 11 is 0. The van der Waals surface area contributed by atoms with Gasteiger partial charge in [-0.2, -0.15) is 0 Å². The largest absolute Gasteiger partial charge is 0.340 e. The van der Waals surface area contributed by atoms with Crippen LogP contribution in [0.1, 0.15) is 31.9 Å². The van der Waals surface area contributed by atoms with E-state index in [1.165, 1.54) is 17.3 Å². The maximum Gasteiger partial charge on any atom is 0.232 e. The summed E-state index contributed by atoms with van der Waals surface area (Å²) in [7, 11) is -3.28. The van der Waals surface area contributed by atoms with Gasteiger partial charge in [0.15, 0.2) is 0 Å². The number of benzene rings is 1. The third-order valence-corrected chi connectivity index (χ3v) is 4.98. The molecule has 0 aliphatic heterocycles. The Labute approximate surface area is 138 Å². The molecular formula is C17H23N3O2S. The highest BCUT2D eigenvalue weighted by Crippen LogP contribution is 2.26. The lowest BCUT2D eigenvalue weighted by atomic mass is 10.0. The number of hydrogen-bond acceptors (Lipinski definition) is 4. The number of nitrogens with one attached hydrogen (secondary N) is 2. The maximum absolute atomic E-state index is 11.6. The van der Waals surface area contributed by atoms with Gasteiger partial charge in [0.1, 0.15) is 5.82 Å². The molecule has 2 rings (SSSR count). The van der Waals surface area contributed by atoms with Crippen molar-refractivity contribution in [3.8, 4) is 0 Å². The molecule has 2 aromatic rings. The normalized spacial score (nSPS) is 11.3. The smallest absolute Gasteiger partial charge is 0.232 e. The van der Waals surface area contributed by atoms with Crippen LogP contribution in [0.4, 0.5) is 17.2 Å². The Kier molecular flexibility index (Phi) is 5.60. The van der Waals surface area contributed by atoms with Crippen LogP contribution >= 0.6 is 0 Å². The van der Waals surface area contributed by atoms with E-state index >= 15 is 0 Å². The van der Waals surface area contributed by atoms with Crippen molar-refractivity contribution in [2.75, 3.05) is 15.8 Å². The molecule has 0 amide bonds. The Balaban J connectivity index is 2.22. The molecule has 124 valence electrons. The van der Waals surface area contributed by atoms with Crippen molar-refractivity contribution >= 4 is 27.2 Å². The number of nitrogens with zero attached hydrogens (tertiary/aromatic N) is 1. The molecule has 2 N–H and O–H groups in total. The monoisotopic (exact) mass is 333 g/mol. The molecule has 1 aromatic carbocycles. The van der Waals surface area contributed by atoms with Crippen LogP contribution in [-0.4, -0.2) is 19.2 Å². The van der Waals surface area contributed by atoms with Crippen LogP contribution in [0.2, 0.25) is 0 Å². The van der Waals surface area contributed by atoms with Gasteiger partial charge in [-0.05, 0) is 43.0 Å². The van der Waals surface area contributed by atoms with E-state index in [0.717, 1.165) is 18.5 Å². The van der Waals surface area contributed by atoms with Gasteiger partial charge in [-0.25, -0.2) is 13.4 Å². The lowest BCUT2D eigenvalue weighted by molar-refractivity contribution is 0.602. The first kappa shape index (κ1) is 17.3. The van der Waals surface area contributed by atoms with Gasteiger partial charge in [0.25, 0.3) is 0 Å². The SMILES string of the molecule is CCc1cccc(CC)c1Nc1ccc(NS(=O)(=O)CC)cn1. The number of sulfonamides is 1. The average Bonchev–Trinajstić information content (AvgIpc) is 2.56. The van der Waals surface area contributed by atoms with E-state index in [9.17, 15) is 8.42 Å². The molecule has 0 radical (unpaired) electrons.